The van der Waals surface area contributed by atoms with Gasteiger partial charge in [-0.2, -0.15) is 13.2 Å². The minimum atomic E-state index is -4.16. The number of para-hydroxylation sites is 1. The van der Waals surface area contributed by atoms with E-state index in [-0.39, 0.29) is 6.42 Å². The summed E-state index contributed by atoms with van der Waals surface area (Å²) in [6.07, 6.45) is -5.02. The minimum Gasteiger partial charge on any atom is -0.248 e. The first-order valence-corrected chi connectivity index (χ1v) is 7.45. The third-order valence-corrected chi connectivity index (χ3v) is 3.79. The molecule has 0 bridgehead atoms. The molecule has 0 saturated heterocycles. The summed E-state index contributed by atoms with van der Waals surface area (Å²) in [5.74, 6) is 0. The Morgan fingerprint density at radius 2 is 1.74 bits per heavy atom. The van der Waals surface area contributed by atoms with Gasteiger partial charge in [-0.05, 0) is 37.1 Å². The molecule has 0 atom stereocenters. The van der Waals surface area contributed by atoms with Crippen LogP contribution < -0.4 is 0 Å². The van der Waals surface area contributed by atoms with E-state index in [1.165, 1.54) is 0 Å². The van der Waals surface area contributed by atoms with Crippen LogP contribution in [-0.4, -0.2) is 11.2 Å². The largest absolute Gasteiger partial charge is 0.389 e. The topological polar surface area (TPSA) is 12.9 Å². The van der Waals surface area contributed by atoms with Crippen LogP contribution in [0.1, 0.15) is 17.5 Å². The van der Waals surface area contributed by atoms with Crippen molar-refractivity contribution < 1.29 is 13.2 Å². The van der Waals surface area contributed by atoms with Crippen molar-refractivity contribution in [2.24, 2.45) is 0 Å². The van der Waals surface area contributed by atoms with Crippen molar-refractivity contribution in [1.82, 2.24) is 4.98 Å². The van der Waals surface area contributed by atoms with Gasteiger partial charge in [0.2, 0.25) is 0 Å². The molecule has 1 heterocycles. The zero-order chi connectivity index (χ0) is 16.4. The molecule has 0 radical (unpaired) electrons. The third-order valence-electron chi connectivity index (χ3n) is 3.79. The standard InChI is InChI=1S/C19H16F3N/c1-13-5-4-6-15(11-13)18-12-14(9-10-19(20,21)22)16-7-2-3-8-17(16)23-18/h2-8,11-12H,9-10H2,1H3. The summed E-state index contributed by atoms with van der Waals surface area (Å²) >= 11 is 0. The molecule has 118 valence electrons. The molecule has 3 rings (SSSR count). The maximum Gasteiger partial charge on any atom is 0.389 e. The normalized spacial score (nSPS) is 11.8. The fourth-order valence-electron chi connectivity index (χ4n) is 2.68. The Bertz CT molecular complexity index is 837. The summed E-state index contributed by atoms with van der Waals surface area (Å²) < 4.78 is 37.8. The molecule has 0 fully saturated rings. The van der Waals surface area contributed by atoms with Crippen LogP contribution in [0, 0.1) is 6.92 Å². The van der Waals surface area contributed by atoms with Crippen molar-refractivity contribution in [3.63, 3.8) is 0 Å². The Kier molecular flexibility index (Phi) is 4.07. The quantitative estimate of drug-likeness (QED) is 0.603. The van der Waals surface area contributed by atoms with Gasteiger partial charge >= 0.3 is 6.18 Å². The monoisotopic (exact) mass is 315 g/mol. The smallest absolute Gasteiger partial charge is 0.248 e. The van der Waals surface area contributed by atoms with Gasteiger partial charge in [-0.25, -0.2) is 4.98 Å². The van der Waals surface area contributed by atoms with Gasteiger partial charge in [0.15, 0.2) is 0 Å². The molecule has 23 heavy (non-hydrogen) atoms. The van der Waals surface area contributed by atoms with E-state index in [4.69, 9.17) is 0 Å². The molecular formula is C19H16F3N. The highest BCUT2D eigenvalue weighted by Crippen LogP contribution is 2.29. The Labute approximate surface area is 132 Å². The number of aryl methyl sites for hydroxylation is 2. The average molecular weight is 315 g/mol. The molecule has 0 spiro atoms. The lowest BCUT2D eigenvalue weighted by molar-refractivity contribution is -0.133. The second-order valence-corrected chi connectivity index (χ2v) is 5.67. The molecule has 0 aliphatic rings. The number of pyridine rings is 1. The molecule has 1 aromatic heterocycles. The molecule has 0 unspecified atom stereocenters. The minimum absolute atomic E-state index is 0.0364. The fourth-order valence-corrected chi connectivity index (χ4v) is 2.68. The molecule has 2 aromatic carbocycles. The average Bonchev–Trinajstić information content (AvgIpc) is 2.51. The van der Waals surface area contributed by atoms with E-state index in [0.717, 1.165) is 22.0 Å². The second kappa shape index (κ2) is 6.03. The van der Waals surface area contributed by atoms with Crippen LogP contribution in [0.4, 0.5) is 13.2 Å². The number of benzene rings is 2. The van der Waals surface area contributed by atoms with Gasteiger partial charge in [-0.3, -0.25) is 0 Å². The molecule has 0 amide bonds. The lowest BCUT2D eigenvalue weighted by Crippen LogP contribution is -2.09. The summed E-state index contributed by atoms with van der Waals surface area (Å²) in [4.78, 5) is 4.61. The number of nitrogens with zero attached hydrogens (tertiary/aromatic N) is 1. The fraction of sp³-hybridized carbons (Fsp3) is 0.211. The van der Waals surface area contributed by atoms with E-state index in [9.17, 15) is 13.2 Å². The summed E-state index contributed by atoms with van der Waals surface area (Å²) in [6.45, 7) is 1.98. The highest BCUT2D eigenvalue weighted by Gasteiger charge is 2.27. The Morgan fingerprint density at radius 3 is 2.48 bits per heavy atom. The first-order valence-electron chi connectivity index (χ1n) is 7.45. The van der Waals surface area contributed by atoms with Gasteiger partial charge in [0.1, 0.15) is 0 Å². The number of aromatic nitrogens is 1. The molecule has 0 N–H and O–H groups in total. The van der Waals surface area contributed by atoms with Gasteiger partial charge in [-0.15, -0.1) is 0 Å². The molecule has 4 heteroatoms. The van der Waals surface area contributed by atoms with Gasteiger partial charge in [0, 0.05) is 17.4 Å². The summed E-state index contributed by atoms with van der Waals surface area (Å²) in [7, 11) is 0. The number of hydrogen-bond donors (Lipinski definition) is 0. The summed E-state index contributed by atoms with van der Waals surface area (Å²) in [5, 5.41) is 0.785. The summed E-state index contributed by atoms with van der Waals surface area (Å²) in [5.41, 5.74) is 4.14. The molecule has 0 aliphatic heterocycles. The van der Waals surface area contributed by atoms with Crippen molar-refractivity contribution >= 4 is 10.9 Å². The van der Waals surface area contributed by atoms with Crippen LogP contribution in [0.15, 0.2) is 54.6 Å². The SMILES string of the molecule is Cc1cccc(-c2cc(CCC(F)(F)F)c3ccccc3n2)c1. The van der Waals surface area contributed by atoms with E-state index in [0.29, 0.717) is 11.3 Å². The lowest BCUT2D eigenvalue weighted by atomic mass is 10.00. The van der Waals surface area contributed by atoms with Crippen molar-refractivity contribution in [3.05, 3.63) is 65.7 Å². The predicted molar refractivity (Wildman–Crippen MR) is 86.3 cm³/mol. The zero-order valence-electron chi connectivity index (χ0n) is 12.7. The maximum absolute atomic E-state index is 12.6. The first kappa shape index (κ1) is 15.5. The van der Waals surface area contributed by atoms with Gasteiger partial charge in [0.25, 0.3) is 0 Å². The highest BCUT2D eigenvalue weighted by molar-refractivity contribution is 5.85. The Hall–Kier alpha value is -2.36. The highest BCUT2D eigenvalue weighted by atomic mass is 19.4. The molecular weight excluding hydrogens is 299 g/mol. The number of alkyl halides is 3. The maximum atomic E-state index is 12.6. The lowest BCUT2D eigenvalue weighted by Gasteiger charge is -2.11. The van der Waals surface area contributed by atoms with E-state index < -0.39 is 12.6 Å². The van der Waals surface area contributed by atoms with E-state index in [1.807, 2.05) is 55.5 Å². The van der Waals surface area contributed by atoms with E-state index >= 15 is 0 Å². The van der Waals surface area contributed by atoms with Crippen molar-refractivity contribution in [2.45, 2.75) is 25.9 Å². The van der Waals surface area contributed by atoms with Crippen LogP contribution in [0.2, 0.25) is 0 Å². The van der Waals surface area contributed by atoms with Crippen LogP contribution >= 0.6 is 0 Å². The summed E-state index contributed by atoms with van der Waals surface area (Å²) in [6, 6.07) is 17.0. The van der Waals surface area contributed by atoms with Crippen LogP contribution in [0.5, 0.6) is 0 Å². The van der Waals surface area contributed by atoms with Crippen molar-refractivity contribution in [3.8, 4) is 11.3 Å². The van der Waals surface area contributed by atoms with Gasteiger partial charge < -0.3 is 0 Å². The van der Waals surface area contributed by atoms with E-state index in [2.05, 4.69) is 4.98 Å². The van der Waals surface area contributed by atoms with Crippen LogP contribution in [-0.2, 0) is 6.42 Å². The molecule has 0 saturated carbocycles. The van der Waals surface area contributed by atoms with Crippen molar-refractivity contribution in [2.75, 3.05) is 0 Å². The number of rotatable bonds is 3. The molecule has 0 aliphatic carbocycles. The zero-order valence-corrected chi connectivity index (χ0v) is 12.7. The molecule has 3 aromatic rings. The second-order valence-electron chi connectivity index (χ2n) is 5.67. The van der Waals surface area contributed by atoms with Gasteiger partial charge in [0.05, 0.1) is 11.2 Å². The van der Waals surface area contributed by atoms with Gasteiger partial charge in [-0.1, -0.05) is 42.0 Å². The van der Waals surface area contributed by atoms with Crippen LogP contribution in [0.25, 0.3) is 22.2 Å². The van der Waals surface area contributed by atoms with Crippen molar-refractivity contribution in [1.29, 1.82) is 0 Å². The number of hydrogen-bond acceptors (Lipinski definition) is 1. The number of halogens is 3. The first-order chi connectivity index (χ1) is 10.9. The predicted octanol–water partition coefficient (Wildman–Crippen LogP) is 5.71. The Morgan fingerprint density at radius 1 is 0.957 bits per heavy atom. The van der Waals surface area contributed by atoms with Crippen LogP contribution in [0.3, 0.4) is 0 Å². The third kappa shape index (κ3) is 3.70. The Balaban J connectivity index is 2.10. The molecule has 1 nitrogen and oxygen atoms in total. The van der Waals surface area contributed by atoms with E-state index in [1.54, 1.807) is 6.07 Å². The number of fused-ring (bicyclic) bond motifs is 1.